The molecule has 14 heavy (non-hydrogen) atoms. The van der Waals surface area contributed by atoms with Gasteiger partial charge >= 0.3 is 0 Å². The van der Waals surface area contributed by atoms with E-state index < -0.39 is 5.82 Å². The molecule has 0 aliphatic heterocycles. The highest BCUT2D eigenvalue weighted by Gasteiger charge is 2.16. The molecule has 68 valence electrons. The van der Waals surface area contributed by atoms with Crippen molar-refractivity contribution >= 4 is 11.9 Å². The van der Waals surface area contributed by atoms with Crippen molar-refractivity contribution in [3.8, 4) is 6.07 Å². The van der Waals surface area contributed by atoms with E-state index in [1.807, 2.05) is 0 Å². The van der Waals surface area contributed by atoms with Gasteiger partial charge in [-0.2, -0.15) is 5.26 Å². The van der Waals surface area contributed by atoms with E-state index in [1.54, 1.807) is 12.1 Å². The van der Waals surface area contributed by atoms with Gasteiger partial charge in [-0.1, -0.05) is 6.07 Å². The van der Waals surface area contributed by atoms with E-state index in [1.165, 1.54) is 18.2 Å². The summed E-state index contributed by atoms with van der Waals surface area (Å²) in [6, 6.07) is 4.58. The molecule has 1 aromatic rings. The summed E-state index contributed by atoms with van der Waals surface area (Å²) in [5.41, 5.74) is 1.27. The minimum atomic E-state index is -0.537. The summed E-state index contributed by atoms with van der Waals surface area (Å²) in [7, 11) is 0. The molecule has 1 aromatic carbocycles. The zero-order chi connectivity index (χ0) is 10.1. The number of ketones is 1. The molecule has 0 heterocycles. The summed E-state index contributed by atoms with van der Waals surface area (Å²) in [6.07, 6.45) is 3.13. The molecule has 0 saturated heterocycles. The predicted molar refractivity (Wildman–Crippen MR) is 48.9 cm³/mol. The lowest BCUT2D eigenvalue weighted by Gasteiger charge is -2.10. The highest BCUT2D eigenvalue weighted by atomic mass is 19.1. The summed E-state index contributed by atoms with van der Waals surface area (Å²) < 4.78 is 13.1. The predicted octanol–water partition coefficient (Wildman–Crippen LogP) is 1.84. The van der Waals surface area contributed by atoms with Crippen molar-refractivity contribution in [2.24, 2.45) is 0 Å². The van der Waals surface area contributed by atoms with E-state index in [0.29, 0.717) is 5.56 Å². The van der Waals surface area contributed by atoms with E-state index in [4.69, 9.17) is 5.26 Å². The van der Waals surface area contributed by atoms with Crippen molar-refractivity contribution in [2.75, 3.05) is 0 Å². The van der Waals surface area contributed by atoms with Crippen LogP contribution in [-0.4, -0.2) is 5.78 Å². The second-order valence-corrected chi connectivity index (χ2v) is 3.08. The van der Waals surface area contributed by atoms with Gasteiger partial charge in [0.15, 0.2) is 5.78 Å². The Hall–Kier alpha value is -1.95. The fourth-order valence-corrected chi connectivity index (χ4v) is 1.52. The Morgan fingerprint density at radius 3 is 2.86 bits per heavy atom. The van der Waals surface area contributed by atoms with Crippen molar-refractivity contribution in [3.63, 3.8) is 0 Å². The second kappa shape index (κ2) is 3.08. The molecular weight excluding hydrogens is 181 g/mol. The Morgan fingerprint density at radius 1 is 1.36 bits per heavy atom. The maximum absolute atomic E-state index is 13.1. The third-order valence-corrected chi connectivity index (χ3v) is 2.20. The van der Waals surface area contributed by atoms with Gasteiger partial charge in [-0.05, 0) is 29.3 Å². The SMILES string of the molecule is N#Cc1c(F)ccc2c1C=CC(=O)C2. The number of allylic oxidation sites excluding steroid dienone is 1. The third kappa shape index (κ3) is 1.21. The maximum atomic E-state index is 13.1. The number of halogens is 1. The fraction of sp³-hybridized carbons (Fsp3) is 0.0909. The van der Waals surface area contributed by atoms with Gasteiger partial charge in [0.25, 0.3) is 0 Å². The maximum Gasteiger partial charge on any atom is 0.160 e. The van der Waals surface area contributed by atoms with Crippen LogP contribution in [0.1, 0.15) is 16.7 Å². The van der Waals surface area contributed by atoms with Crippen LogP contribution in [0.25, 0.3) is 6.08 Å². The zero-order valence-electron chi connectivity index (χ0n) is 7.25. The summed E-state index contributed by atoms with van der Waals surface area (Å²) >= 11 is 0. The van der Waals surface area contributed by atoms with Crippen LogP contribution in [0.15, 0.2) is 18.2 Å². The molecule has 0 unspecified atom stereocenters. The molecule has 0 N–H and O–H groups in total. The van der Waals surface area contributed by atoms with Crippen molar-refractivity contribution in [1.82, 2.24) is 0 Å². The van der Waals surface area contributed by atoms with Gasteiger partial charge in [0, 0.05) is 6.42 Å². The van der Waals surface area contributed by atoms with Crippen molar-refractivity contribution < 1.29 is 9.18 Å². The minimum absolute atomic E-state index is 0.0197. The smallest absolute Gasteiger partial charge is 0.160 e. The van der Waals surface area contributed by atoms with E-state index in [9.17, 15) is 9.18 Å². The lowest BCUT2D eigenvalue weighted by Crippen LogP contribution is -2.07. The molecule has 1 aliphatic rings. The molecule has 2 nitrogen and oxygen atoms in total. The molecular formula is C11H6FNO. The molecule has 0 fully saturated rings. The van der Waals surface area contributed by atoms with Gasteiger partial charge in [-0.25, -0.2) is 4.39 Å². The molecule has 0 bridgehead atoms. The van der Waals surface area contributed by atoms with Crippen LogP contribution in [0.5, 0.6) is 0 Å². The summed E-state index contributed by atoms with van der Waals surface area (Å²) in [4.78, 5) is 11.0. The van der Waals surface area contributed by atoms with Gasteiger partial charge in [0.05, 0.1) is 5.56 Å². The number of hydrogen-bond donors (Lipinski definition) is 0. The molecule has 0 aromatic heterocycles. The third-order valence-electron chi connectivity index (χ3n) is 2.20. The Labute approximate surface area is 80.3 Å². The van der Waals surface area contributed by atoms with Gasteiger partial charge in [0.1, 0.15) is 11.9 Å². The number of carbonyl (C=O) groups is 1. The quantitative estimate of drug-likeness (QED) is 0.621. The molecule has 2 rings (SSSR count). The summed E-state index contributed by atoms with van der Waals surface area (Å²) in [6.45, 7) is 0. The Kier molecular flexibility index (Phi) is 1.90. The molecule has 3 heteroatoms. The van der Waals surface area contributed by atoms with Crippen LogP contribution in [0.3, 0.4) is 0 Å². The number of nitriles is 1. The second-order valence-electron chi connectivity index (χ2n) is 3.08. The first-order valence-corrected chi connectivity index (χ1v) is 4.15. The van der Waals surface area contributed by atoms with Crippen molar-refractivity contribution in [1.29, 1.82) is 5.26 Å². The van der Waals surface area contributed by atoms with E-state index in [-0.39, 0.29) is 17.8 Å². The average Bonchev–Trinajstić information content (AvgIpc) is 2.18. The van der Waals surface area contributed by atoms with Gasteiger partial charge in [-0.3, -0.25) is 4.79 Å². The molecule has 0 amide bonds. The van der Waals surface area contributed by atoms with E-state index in [2.05, 4.69) is 0 Å². The monoisotopic (exact) mass is 187 g/mol. The first kappa shape index (κ1) is 8.64. The summed E-state index contributed by atoms with van der Waals surface area (Å²) in [5, 5.41) is 8.73. The standard InChI is InChI=1S/C11H6FNO/c12-11-4-1-7-5-8(14)2-3-9(7)10(11)6-13/h1-4H,5H2. The van der Waals surface area contributed by atoms with Crippen LogP contribution in [0, 0.1) is 17.1 Å². The Balaban J connectivity index is 2.69. The number of rotatable bonds is 0. The first-order valence-electron chi connectivity index (χ1n) is 4.15. The Morgan fingerprint density at radius 2 is 2.14 bits per heavy atom. The largest absolute Gasteiger partial charge is 0.294 e. The first-order chi connectivity index (χ1) is 6.72. The highest BCUT2D eigenvalue weighted by Crippen LogP contribution is 2.23. The lowest BCUT2D eigenvalue weighted by atomic mass is 9.93. The zero-order valence-corrected chi connectivity index (χ0v) is 7.25. The molecule has 0 atom stereocenters. The van der Waals surface area contributed by atoms with Crippen LogP contribution in [-0.2, 0) is 11.2 Å². The van der Waals surface area contributed by atoms with E-state index in [0.717, 1.165) is 5.56 Å². The average molecular weight is 187 g/mol. The lowest BCUT2D eigenvalue weighted by molar-refractivity contribution is -0.114. The number of hydrogen-bond acceptors (Lipinski definition) is 2. The molecule has 0 radical (unpaired) electrons. The summed E-state index contributed by atoms with van der Waals surface area (Å²) in [5.74, 6) is -0.557. The van der Waals surface area contributed by atoms with Crippen molar-refractivity contribution in [3.05, 3.63) is 40.7 Å². The van der Waals surface area contributed by atoms with Crippen LogP contribution < -0.4 is 0 Å². The minimum Gasteiger partial charge on any atom is -0.294 e. The topological polar surface area (TPSA) is 40.9 Å². The van der Waals surface area contributed by atoms with Gasteiger partial charge in [0.2, 0.25) is 0 Å². The molecule has 0 saturated carbocycles. The van der Waals surface area contributed by atoms with Crippen LogP contribution in [0.2, 0.25) is 0 Å². The van der Waals surface area contributed by atoms with Crippen LogP contribution >= 0.6 is 0 Å². The fourth-order valence-electron chi connectivity index (χ4n) is 1.52. The van der Waals surface area contributed by atoms with E-state index >= 15 is 0 Å². The van der Waals surface area contributed by atoms with Gasteiger partial charge in [-0.15, -0.1) is 0 Å². The van der Waals surface area contributed by atoms with Crippen molar-refractivity contribution in [2.45, 2.75) is 6.42 Å². The van der Waals surface area contributed by atoms with Gasteiger partial charge < -0.3 is 0 Å². The highest BCUT2D eigenvalue weighted by molar-refractivity contribution is 5.98. The molecule has 1 aliphatic carbocycles. The number of carbonyl (C=O) groups excluding carboxylic acids is 1. The molecule has 0 spiro atoms. The number of nitrogens with zero attached hydrogens (tertiary/aromatic N) is 1. The normalized spacial score (nSPS) is 13.6. The van der Waals surface area contributed by atoms with Crippen LogP contribution in [0.4, 0.5) is 4.39 Å². The number of fused-ring (bicyclic) bond motifs is 1. The Bertz CT molecular complexity index is 483. The number of benzene rings is 1.